The third-order valence-electron chi connectivity index (χ3n) is 4.89. The van der Waals surface area contributed by atoms with Crippen LogP contribution in [0.5, 0.6) is 0 Å². The summed E-state index contributed by atoms with van der Waals surface area (Å²) in [5.41, 5.74) is 1.68. The molecule has 3 aromatic rings. The average Bonchev–Trinajstić information content (AvgIpc) is 2.88. The van der Waals surface area contributed by atoms with Gasteiger partial charge in [-0.05, 0) is 25.0 Å². The van der Waals surface area contributed by atoms with Crippen LogP contribution in [-0.4, -0.2) is 45.5 Å². The fraction of sp³-hybridized carbons (Fsp3) is 0.353. The van der Waals surface area contributed by atoms with Gasteiger partial charge in [-0.25, -0.2) is 18.4 Å². The summed E-state index contributed by atoms with van der Waals surface area (Å²) < 4.78 is 24.8. The Morgan fingerprint density at radius 1 is 1.14 bits per heavy atom. The molecule has 4 rings (SSSR count). The lowest BCUT2D eigenvalue weighted by Crippen LogP contribution is -2.43. The Morgan fingerprint density at radius 2 is 1.79 bits per heavy atom. The monoisotopic (exact) mass is 474 g/mol. The molecule has 2 N–H and O–H groups in total. The number of nitrogens with one attached hydrogen (secondary N) is 2. The summed E-state index contributed by atoms with van der Waals surface area (Å²) in [6, 6.07) is 3.21. The number of benzene rings is 1. The number of hydrogen-bond acceptors (Lipinski definition) is 7. The van der Waals surface area contributed by atoms with E-state index >= 15 is 0 Å². The van der Waals surface area contributed by atoms with E-state index in [4.69, 9.17) is 34.8 Å². The van der Waals surface area contributed by atoms with E-state index in [2.05, 4.69) is 25.6 Å². The van der Waals surface area contributed by atoms with Crippen LogP contribution in [-0.2, 0) is 16.9 Å². The summed E-state index contributed by atoms with van der Waals surface area (Å²) >= 11 is 18.4. The highest BCUT2D eigenvalue weighted by molar-refractivity contribution is 7.91. The number of anilines is 3. The molecule has 0 spiro atoms. The molecule has 1 saturated carbocycles. The number of aromatic nitrogens is 4. The van der Waals surface area contributed by atoms with Gasteiger partial charge in [0.25, 0.3) is 0 Å². The molecule has 1 fully saturated rings. The molecule has 0 bridgehead atoms. The third-order valence-corrected chi connectivity index (χ3v) is 7.30. The highest BCUT2D eigenvalue weighted by Gasteiger charge is 2.36. The lowest BCUT2D eigenvalue weighted by atomic mass is 9.92. The topological polar surface area (TPSA) is 102 Å². The van der Waals surface area contributed by atoms with Crippen LogP contribution in [0.1, 0.15) is 12.8 Å². The number of rotatable bonds is 5. The molecule has 0 unspecified atom stereocenters. The summed E-state index contributed by atoms with van der Waals surface area (Å²) in [4.78, 5) is 13.3. The molecule has 8 nitrogen and oxygen atoms in total. The third kappa shape index (κ3) is 4.09. The Hall–Kier alpha value is -1.81. The Balaban J connectivity index is 1.56. The van der Waals surface area contributed by atoms with Crippen LogP contribution in [0.2, 0.25) is 15.1 Å². The fourth-order valence-corrected chi connectivity index (χ4v) is 5.23. The molecule has 0 atom stereocenters. The van der Waals surface area contributed by atoms with Gasteiger partial charge in [-0.15, -0.1) is 0 Å². The van der Waals surface area contributed by atoms with E-state index in [9.17, 15) is 8.42 Å². The van der Waals surface area contributed by atoms with Gasteiger partial charge in [0.15, 0.2) is 5.65 Å². The second-order valence-corrected chi connectivity index (χ2v) is 10.6. The first-order valence-electron chi connectivity index (χ1n) is 8.68. The van der Waals surface area contributed by atoms with E-state index in [0.717, 1.165) is 0 Å². The molecular formula is C17H17Cl3N6O2S. The van der Waals surface area contributed by atoms with Crippen molar-refractivity contribution in [3.8, 4) is 0 Å². The lowest BCUT2D eigenvalue weighted by Gasteiger charge is -2.34. The summed E-state index contributed by atoms with van der Waals surface area (Å²) in [6.45, 7) is 0. The molecule has 0 aliphatic heterocycles. The Labute approximate surface area is 182 Å². The average molecular weight is 476 g/mol. The highest BCUT2D eigenvalue weighted by Crippen LogP contribution is 2.36. The van der Waals surface area contributed by atoms with Crippen molar-refractivity contribution in [2.75, 3.05) is 16.9 Å². The van der Waals surface area contributed by atoms with Gasteiger partial charge in [-0.2, -0.15) is 4.98 Å². The van der Waals surface area contributed by atoms with Crippen LogP contribution in [0.15, 0.2) is 18.3 Å². The number of imidazole rings is 1. The van der Waals surface area contributed by atoms with Crippen LogP contribution in [0.4, 0.5) is 17.6 Å². The predicted octanol–water partition coefficient (Wildman–Crippen LogP) is 4.05. The predicted molar refractivity (Wildman–Crippen MR) is 116 cm³/mol. The Bertz CT molecular complexity index is 1180. The van der Waals surface area contributed by atoms with Crippen LogP contribution < -0.4 is 10.6 Å². The van der Waals surface area contributed by atoms with Crippen LogP contribution in [0.3, 0.4) is 0 Å². The lowest BCUT2D eigenvalue weighted by molar-refractivity contribution is 0.432. The fourth-order valence-electron chi connectivity index (χ4n) is 3.15. The van der Waals surface area contributed by atoms with E-state index in [-0.39, 0.29) is 11.3 Å². The molecule has 2 aromatic heterocycles. The maximum Gasteiger partial charge on any atom is 0.224 e. The first kappa shape index (κ1) is 20.5. The van der Waals surface area contributed by atoms with Crippen molar-refractivity contribution in [1.82, 2.24) is 19.5 Å². The SMILES string of the molecule is Cn1c(Nc2c(Cl)cc(Cl)cc2Cl)nc2cnc(NC3CC(S(C)(=O)=O)C3)nc21. The number of fused-ring (bicyclic) bond motifs is 1. The standard InChI is InChI=1S/C17H17Cl3N6O2S/c1-26-15-13(23-17(26)24-14-11(19)3-8(18)4-12(14)20)7-21-16(25-15)22-9-5-10(6-9)29(2,27)28/h3-4,7,9-10H,5-6H2,1-2H3,(H,23,24)(H,21,22,25). The van der Waals surface area contributed by atoms with Crippen molar-refractivity contribution in [2.24, 2.45) is 7.05 Å². The quantitative estimate of drug-likeness (QED) is 0.574. The van der Waals surface area contributed by atoms with E-state index in [1.54, 1.807) is 29.9 Å². The van der Waals surface area contributed by atoms with E-state index in [0.29, 0.717) is 56.7 Å². The van der Waals surface area contributed by atoms with Crippen molar-refractivity contribution in [3.05, 3.63) is 33.4 Å². The zero-order valence-electron chi connectivity index (χ0n) is 15.4. The summed E-state index contributed by atoms with van der Waals surface area (Å²) in [5, 5.41) is 7.16. The molecule has 29 heavy (non-hydrogen) atoms. The maximum absolute atomic E-state index is 11.5. The molecule has 0 saturated heterocycles. The van der Waals surface area contributed by atoms with Crippen molar-refractivity contribution in [1.29, 1.82) is 0 Å². The molecule has 12 heteroatoms. The van der Waals surface area contributed by atoms with E-state index in [1.165, 1.54) is 6.26 Å². The van der Waals surface area contributed by atoms with Crippen LogP contribution >= 0.6 is 34.8 Å². The Morgan fingerprint density at radius 3 is 2.41 bits per heavy atom. The van der Waals surface area contributed by atoms with Crippen molar-refractivity contribution in [3.63, 3.8) is 0 Å². The van der Waals surface area contributed by atoms with Crippen molar-refractivity contribution in [2.45, 2.75) is 24.1 Å². The van der Waals surface area contributed by atoms with Gasteiger partial charge in [0.05, 0.1) is 27.2 Å². The largest absolute Gasteiger partial charge is 0.351 e. The summed E-state index contributed by atoms with van der Waals surface area (Å²) in [5.74, 6) is 0.907. The van der Waals surface area contributed by atoms with E-state index < -0.39 is 9.84 Å². The van der Waals surface area contributed by atoms with Crippen molar-refractivity contribution >= 4 is 73.4 Å². The first-order valence-corrected chi connectivity index (χ1v) is 11.8. The van der Waals surface area contributed by atoms with Gasteiger partial charge in [0, 0.05) is 24.4 Å². The summed E-state index contributed by atoms with van der Waals surface area (Å²) in [7, 11) is -1.20. The van der Waals surface area contributed by atoms with Gasteiger partial charge < -0.3 is 10.6 Å². The molecule has 2 heterocycles. The molecular weight excluding hydrogens is 459 g/mol. The number of halogens is 3. The number of sulfone groups is 1. The molecule has 0 amide bonds. The van der Waals surface area contributed by atoms with Gasteiger partial charge in [0.2, 0.25) is 11.9 Å². The van der Waals surface area contributed by atoms with E-state index in [1.807, 2.05) is 0 Å². The molecule has 1 aliphatic rings. The zero-order chi connectivity index (χ0) is 20.9. The summed E-state index contributed by atoms with van der Waals surface area (Å²) in [6.07, 6.45) is 3.96. The van der Waals surface area contributed by atoms with Gasteiger partial charge in [0.1, 0.15) is 15.4 Å². The second-order valence-electron chi connectivity index (χ2n) is 7.03. The number of aryl methyl sites for hydroxylation is 1. The van der Waals surface area contributed by atoms with Crippen molar-refractivity contribution < 1.29 is 8.42 Å². The minimum atomic E-state index is -3.00. The van der Waals surface area contributed by atoms with Gasteiger partial charge in [-0.1, -0.05) is 34.8 Å². The van der Waals surface area contributed by atoms with Gasteiger partial charge >= 0.3 is 0 Å². The zero-order valence-corrected chi connectivity index (χ0v) is 18.5. The number of hydrogen-bond donors (Lipinski definition) is 2. The minimum absolute atomic E-state index is 0.0321. The second kappa shape index (κ2) is 7.46. The van der Waals surface area contributed by atoms with Gasteiger partial charge in [-0.3, -0.25) is 4.57 Å². The normalized spacial score (nSPS) is 19.2. The smallest absolute Gasteiger partial charge is 0.224 e. The minimum Gasteiger partial charge on any atom is -0.351 e. The highest BCUT2D eigenvalue weighted by atomic mass is 35.5. The van der Waals surface area contributed by atoms with Crippen LogP contribution in [0.25, 0.3) is 11.2 Å². The molecule has 1 aromatic carbocycles. The number of nitrogens with zero attached hydrogens (tertiary/aromatic N) is 4. The molecule has 1 aliphatic carbocycles. The van der Waals surface area contributed by atoms with Crippen LogP contribution in [0, 0.1) is 0 Å². The molecule has 154 valence electrons. The Kier molecular flexibility index (Phi) is 5.27. The molecule has 0 radical (unpaired) electrons. The first-order chi connectivity index (χ1) is 13.6. The maximum atomic E-state index is 11.5.